The lowest BCUT2D eigenvalue weighted by molar-refractivity contribution is 0.0698. The van der Waals surface area contributed by atoms with Crippen LogP contribution in [0.5, 0.6) is 0 Å². The molecule has 0 saturated carbocycles. The quantitative estimate of drug-likeness (QED) is 0.645. The fourth-order valence-corrected chi connectivity index (χ4v) is 1.69. The molecule has 0 amide bonds. The second kappa shape index (κ2) is 3.75. The predicted octanol–water partition coefficient (Wildman–Crippen LogP) is 2.46. The largest absolute Gasteiger partial charge is 0.478 e. The Kier molecular flexibility index (Phi) is 2.91. The number of para-hydroxylation sites is 1. The van der Waals surface area contributed by atoms with Gasteiger partial charge in [0.05, 0.1) is 34.1 Å². The monoisotopic (exact) mass is 277 g/mol. The van der Waals surface area contributed by atoms with Crippen molar-refractivity contribution in [1.29, 1.82) is 0 Å². The summed E-state index contributed by atoms with van der Waals surface area (Å²) in [6.07, 6.45) is 0. The zero-order chi connectivity index (χ0) is 9.14. The van der Waals surface area contributed by atoms with E-state index < -0.39 is 5.97 Å². The molecule has 12 heavy (non-hydrogen) atoms. The van der Waals surface area contributed by atoms with E-state index in [2.05, 4.69) is 3.53 Å². The molecule has 4 heteroatoms. The Balaban J connectivity index is 3.27. The number of rotatable bonds is 2. The van der Waals surface area contributed by atoms with Crippen LogP contribution in [0, 0.1) is 6.92 Å². The SMILES string of the molecule is Cc1cccc(C(=O)O)c1NI. The van der Waals surface area contributed by atoms with Crippen LogP contribution < -0.4 is 3.53 Å². The van der Waals surface area contributed by atoms with Gasteiger partial charge in [0.2, 0.25) is 0 Å². The number of aromatic carboxylic acids is 1. The van der Waals surface area contributed by atoms with Gasteiger partial charge in [0.25, 0.3) is 0 Å². The van der Waals surface area contributed by atoms with Gasteiger partial charge in [-0.15, -0.1) is 0 Å². The highest BCUT2D eigenvalue weighted by Gasteiger charge is 2.09. The minimum atomic E-state index is -0.905. The van der Waals surface area contributed by atoms with Crippen LogP contribution in [-0.4, -0.2) is 11.1 Å². The van der Waals surface area contributed by atoms with E-state index in [9.17, 15) is 4.79 Å². The Labute approximate surface area is 84.3 Å². The summed E-state index contributed by atoms with van der Waals surface area (Å²) in [5.74, 6) is -0.905. The van der Waals surface area contributed by atoms with Crippen molar-refractivity contribution in [3.8, 4) is 0 Å². The smallest absolute Gasteiger partial charge is 0.337 e. The molecule has 0 radical (unpaired) electrons. The second-order valence-electron chi connectivity index (χ2n) is 2.40. The molecule has 0 aliphatic rings. The van der Waals surface area contributed by atoms with E-state index in [0.29, 0.717) is 11.3 Å². The van der Waals surface area contributed by atoms with E-state index in [1.54, 1.807) is 12.1 Å². The first-order chi connectivity index (χ1) is 5.66. The highest BCUT2D eigenvalue weighted by molar-refractivity contribution is 14.1. The molecule has 0 spiro atoms. The highest BCUT2D eigenvalue weighted by atomic mass is 127. The summed E-state index contributed by atoms with van der Waals surface area (Å²) in [4.78, 5) is 10.7. The van der Waals surface area contributed by atoms with E-state index >= 15 is 0 Å². The zero-order valence-corrected chi connectivity index (χ0v) is 8.62. The van der Waals surface area contributed by atoms with Gasteiger partial charge in [-0.05, 0) is 18.6 Å². The number of hydrogen-bond acceptors (Lipinski definition) is 2. The molecule has 1 aromatic carbocycles. The maximum Gasteiger partial charge on any atom is 0.337 e. The van der Waals surface area contributed by atoms with E-state index in [0.717, 1.165) is 5.56 Å². The number of nitrogens with one attached hydrogen (secondary N) is 1. The van der Waals surface area contributed by atoms with Gasteiger partial charge >= 0.3 is 5.97 Å². The molecular weight excluding hydrogens is 269 g/mol. The van der Waals surface area contributed by atoms with Crippen molar-refractivity contribution in [2.45, 2.75) is 6.92 Å². The standard InChI is InChI=1S/C8H8INO2/c1-5-3-2-4-6(8(11)12)7(5)10-9/h2-4,10H,1H3,(H,11,12). The number of anilines is 1. The predicted molar refractivity (Wildman–Crippen MR) is 55.8 cm³/mol. The molecule has 0 aliphatic carbocycles. The van der Waals surface area contributed by atoms with Gasteiger partial charge in [0.15, 0.2) is 0 Å². The molecule has 1 rings (SSSR count). The average Bonchev–Trinajstić information content (AvgIpc) is 2.03. The Morgan fingerprint density at radius 2 is 2.25 bits per heavy atom. The first-order valence-electron chi connectivity index (χ1n) is 3.36. The number of carboxylic acid groups (broad SMARTS) is 1. The lowest BCUT2D eigenvalue weighted by atomic mass is 10.1. The van der Waals surface area contributed by atoms with Crippen LogP contribution in [0.3, 0.4) is 0 Å². The normalized spacial score (nSPS) is 9.50. The fourth-order valence-electron chi connectivity index (χ4n) is 0.971. The molecule has 0 atom stereocenters. The van der Waals surface area contributed by atoms with Crippen LogP contribution in [0.1, 0.15) is 15.9 Å². The summed E-state index contributed by atoms with van der Waals surface area (Å²) in [6.45, 7) is 1.87. The van der Waals surface area contributed by atoms with Crippen molar-refractivity contribution in [3.63, 3.8) is 0 Å². The van der Waals surface area contributed by atoms with E-state index in [1.807, 2.05) is 35.9 Å². The molecule has 0 saturated heterocycles. The zero-order valence-electron chi connectivity index (χ0n) is 6.47. The first kappa shape index (κ1) is 9.31. The van der Waals surface area contributed by atoms with Gasteiger partial charge < -0.3 is 8.64 Å². The number of halogens is 1. The lowest BCUT2D eigenvalue weighted by Crippen LogP contribution is -2.01. The first-order valence-corrected chi connectivity index (χ1v) is 4.44. The molecule has 64 valence electrons. The summed E-state index contributed by atoms with van der Waals surface area (Å²) in [5, 5.41) is 8.78. The Morgan fingerprint density at radius 1 is 1.58 bits per heavy atom. The fraction of sp³-hybridized carbons (Fsp3) is 0.125. The maximum absolute atomic E-state index is 10.7. The average molecular weight is 277 g/mol. The van der Waals surface area contributed by atoms with Crippen LogP contribution in [-0.2, 0) is 0 Å². The number of carboxylic acids is 1. The molecule has 0 heterocycles. The molecular formula is C8H8INO2. The van der Waals surface area contributed by atoms with Crippen LogP contribution in [0.25, 0.3) is 0 Å². The lowest BCUT2D eigenvalue weighted by Gasteiger charge is -2.06. The van der Waals surface area contributed by atoms with Crippen molar-refractivity contribution in [1.82, 2.24) is 0 Å². The second-order valence-corrected chi connectivity index (χ2v) is 2.94. The van der Waals surface area contributed by atoms with Crippen LogP contribution >= 0.6 is 22.9 Å². The van der Waals surface area contributed by atoms with E-state index in [4.69, 9.17) is 5.11 Å². The highest BCUT2D eigenvalue weighted by Crippen LogP contribution is 2.21. The third-order valence-corrected chi connectivity index (χ3v) is 2.14. The summed E-state index contributed by atoms with van der Waals surface area (Å²) in [5.41, 5.74) is 1.92. The van der Waals surface area contributed by atoms with Gasteiger partial charge in [0.1, 0.15) is 0 Å². The van der Waals surface area contributed by atoms with Crippen molar-refractivity contribution in [2.75, 3.05) is 3.53 Å². The van der Waals surface area contributed by atoms with E-state index in [-0.39, 0.29) is 0 Å². The van der Waals surface area contributed by atoms with Gasteiger partial charge in [-0.25, -0.2) is 4.79 Å². The molecule has 2 N–H and O–H groups in total. The number of benzene rings is 1. The Morgan fingerprint density at radius 3 is 2.67 bits per heavy atom. The summed E-state index contributed by atoms with van der Waals surface area (Å²) >= 11 is 1.92. The van der Waals surface area contributed by atoms with Gasteiger partial charge in [-0.3, -0.25) is 0 Å². The molecule has 0 bridgehead atoms. The summed E-state index contributed by atoms with van der Waals surface area (Å²) in [7, 11) is 0. The van der Waals surface area contributed by atoms with Crippen LogP contribution in [0.2, 0.25) is 0 Å². The van der Waals surface area contributed by atoms with Crippen molar-refractivity contribution in [2.24, 2.45) is 0 Å². The van der Waals surface area contributed by atoms with Crippen molar-refractivity contribution >= 4 is 34.5 Å². The van der Waals surface area contributed by atoms with E-state index in [1.165, 1.54) is 0 Å². The number of aryl methyl sites for hydroxylation is 1. The summed E-state index contributed by atoms with van der Waals surface area (Å²) < 4.78 is 2.83. The Bertz CT molecular complexity index is 312. The molecule has 0 aliphatic heterocycles. The van der Waals surface area contributed by atoms with Crippen LogP contribution in [0.15, 0.2) is 18.2 Å². The number of carbonyl (C=O) groups is 1. The topological polar surface area (TPSA) is 49.3 Å². The third-order valence-electron chi connectivity index (χ3n) is 1.60. The number of hydrogen-bond donors (Lipinski definition) is 2. The van der Waals surface area contributed by atoms with Crippen molar-refractivity contribution in [3.05, 3.63) is 29.3 Å². The van der Waals surface area contributed by atoms with Crippen molar-refractivity contribution < 1.29 is 9.90 Å². The van der Waals surface area contributed by atoms with Gasteiger partial charge in [-0.1, -0.05) is 12.1 Å². The minimum Gasteiger partial charge on any atom is -0.478 e. The Hall–Kier alpha value is -0.780. The maximum atomic E-state index is 10.7. The summed E-state index contributed by atoms with van der Waals surface area (Å²) in [6, 6.07) is 5.18. The van der Waals surface area contributed by atoms with Gasteiger partial charge in [0, 0.05) is 0 Å². The molecule has 1 aromatic rings. The van der Waals surface area contributed by atoms with Gasteiger partial charge in [-0.2, -0.15) is 0 Å². The molecule has 0 aromatic heterocycles. The molecule has 0 fully saturated rings. The van der Waals surface area contributed by atoms with Crippen LogP contribution in [0.4, 0.5) is 5.69 Å². The molecule has 0 unspecified atom stereocenters. The third kappa shape index (κ3) is 1.69. The minimum absolute atomic E-state index is 0.310. The molecule has 3 nitrogen and oxygen atoms in total.